The zero-order valence-corrected chi connectivity index (χ0v) is 15.7. The van der Waals surface area contributed by atoms with Gasteiger partial charge in [-0.15, -0.1) is 0 Å². The number of pyridine rings is 1. The molecule has 0 amide bonds. The van der Waals surface area contributed by atoms with Gasteiger partial charge in [0.05, 0.1) is 12.0 Å². The number of aromatic amines is 1. The van der Waals surface area contributed by atoms with Gasteiger partial charge in [-0.3, -0.25) is 4.79 Å². The highest BCUT2D eigenvalue weighted by Gasteiger charge is 2.15. The second-order valence-electron chi connectivity index (χ2n) is 6.14. The van der Waals surface area contributed by atoms with E-state index >= 15 is 0 Å². The quantitative estimate of drug-likeness (QED) is 0.677. The van der Waals surface area contributed by atoms with Crippen molar-refractivity contribution in [3.63, 3.8) is 0 Å². The van der Waals surface area contributed by atoms with Crippen LogP contribution in [-0.2, 0) is 16.4 Å². The lowest BCUT2D eigenvalue weighted by Gasteiger charge is -2.09. The van der Waals surface area contributed by atoms with Gasteiger partial charge in [-0.05, 0) is 61.4 Å². The van der Waals surface area contributed by atoms with Crippen LogP contribution in [0.1, 0.15) is 11.1 Å². The lowest BCUT2D eigenvalue weighted by Crippen LogP contribution is -2.27. The molecule has 142 valence electrons. The molecule has 0 atom stereocenters. The Labute approximate surface area is 156 Å². The molecule has 8 heteroatoms. The number of rotatable bonds is 6. The number of aromatic nitrogens is 1. The number of benzene rings is 2. The molecular weight excluding hydrogens is 371 g/mol. The standard InChI is InChI=1S/C19H19FN2O4S/c1-12-9-16(4-5-17(12)20)27(24,25)21-8-7-13-10-14-11-15(26-2)3-6-18(14)22-19(13)23/h3-6,9-11,21H,7-8H2,1-2H3,(H,22,23). The van der Waals surface area contributed by atoms with E-state index in [1.54, 1.807) is 31.4 Å². The third-order valence-corrected chi connectivity index (χ3v) is 5.71. The van der Waals surface area contributed by atoms with Crippen molar-refractivity contribution < 1.29 is 17.5 Å². The highest BCUT2D eigenvalue weighted by Crippen LogP contribution is 2.19. The number of sulfonamides is 1. The maximum atomic E-state index is 13.3. The van der Waals surface area contributed by atoms with E-state index < -0.39 is 15.8 Å². The molecular formula is C19H19FN2O4S. The van der Waals surface area contributed by atoms with Crippen molar-refractivity contribution in [2.75, 3.05) is 13.7 Å². The summed E-state index contributed by atoms with van der Waals surface area (Å²) in [5.74, 6) is 0.194. The molecule has 1 heterocycles. The molecule has 2 N–H and O–H groups in total. The molecule has 0 bridgehead atoms. The molecule has 0 aliphatic carbocycles. The van der Waals surface area contributed by atoms with Crippen LogP contribution >= 0.6 is 0 Å². The molecule has 1 aromatic heterocycles. The van der Waals surface area contributed by atoms with Crippen LogP contribution in [-0.4, -0.2) is 27.1 Å². The molecule has 3 aromatic rings. The summed E-state index contributed by atoms with van der Waals surface area (Å²) in [6.45, 7) is 1.54. The van der Waals surface area contributed by atoms with E-state index in [0.29, 0.717) is 16.8 Å². The number of halogens is 1. The SMILES string of the molecule is COc1ccc2[nH]c(=O)c(CCNS(=O)(=O)c3ccc(F)c(C)c3)cc2c1. The van der Waals surface area contributed by atoms with Crippen LogP contribution in [0.2, 0.25) is 0 Å². The average Bonchev–Trinajstić information content (AvgIpc) is 2.63. The zero-order valence-electron chi connectivity index (χ0n) is 14.9. The minimum atomic E-state index is -3.78. The molecule has 0 saturated carbocycles. The number of fused-ring (bicyclic) bond motifs is 1. The van der Waals surface area contributed by atoms with Gasteiger partial charge in [0.25, 0.3) is 5.56 Å². The van der Waals surface area contributed by atoms with Gasteiger partial charge in [0, 0.05) is 23.0 Å². The summed E-state index contributed by atoms with van der Waals surface area (Å²) in [5, 5.41) is 0.793. The minimum absolute atomic E-state index is 0.0152. The highest BCUT2D eigenvalue weighted by atomic mass is 32.2. The van der Waals surface area contributed by atoms with Gasteiger partial charge in [-0.2, -0.15) is 0 Å². The maximum Gasteiger partial charge on any atom is 0.251 e. The molecule has 0 fully saturated rings. The van der Waals surface area contributed by atoms with E-state index in [2.05, 4.69) is 9.71 Å². The Morgan fingerprint density at radius 1 is 1.15 bits per heavy atom. The number of H-pyrrole nitrogens is 1. The number of hydrogen-bond acceptors (Lipinski definition) is 4. The van der Waals surface area contributed by atoms with Crippen LogP contribution < -0.4 is 15.0 Å². The van der Waals surface area contributed by atoms with Gasteiger partial charge in [0.2, 0.25) is 10.0 Å². The normalized spacial score (nSPS) is 11.7. The highest BCUT2D eigenvalue weighted by molar-refractivity contribution is 7.89. The van der Waals surface area contributed by atoms with Crippen molar-refractivity contribution >= 4 is 20.9 Å². The largest absolute Gasteiger partial charge is 0.497 e. The topological polar surface area (TPSA) is 88.3 Å². The summed E-state index contributed by atoms with van der Waals surface area (Å²) in [5.41, 5.74) is 1.10. The van der Waals surface area contributed by atoms with Crippen molar-refractivity contribution in [1.29, 1.82) is 0 Å². The van der Waals surface area contributed by atoms with Gasteiger partial charge in [-0.25, -0.2) is 17.5 Å². The second kappa shape index (κ2) is 7.50. The Morgan fingerprint density at radius 2 is 1.93 bits per heavy atom. The average molecular weight is 390 g/mol. The fourth-order valence-electron chi connectivity index (χ4n) is 2.73. The number of nitrogens with one attached hydrogen (secondary N) is 2. The Hall–Kier alpha value is -2.71. The Morgan fingerprint density at radius 3 is 2.63 bits per heavy atom. The summed E-state index contributed by atoms with van der Waals surface area (Å²) >= 11 is 0. The summed E-state index contributed by atoms with van der Waals surface area (Å²) in [6.07, 6.45) is 0.210. The van der Waals surface area contributed by atoms with E-state index in [9.17, 15) is 17.6 Å². The van der Waals surface area contributed by atoms with Crippen LogP contribution in [0, 0.1) is 12.7 Å². The number of aryl methyl sites for hydroxylation is 1. The molecule has 0 unspecified atom stereocenters. The van der Waals surface area contributed by atoms with Crippen molar-refractivity contribution in [2.45, 2.75) is 18.2 Å². The first-order valence-corrected chi connectivity index (χ1v) is 9.74. The molecule has 0 aliphatic rings. The summed E-state index contributed by atoms with van der Waals surface area (Å²) in [7, 11) is -2.23. The minimum Gasteiger partial charge on any atom is -0.497 e. The Kier molecular flexibility index (Phi) is 5.29. The molecule has 0 saturated heterocycles. The first-order chi connectivity index (χ1) is 12.8. The van der Waals surface area contributed by atoms with E-state index in [1.165, 1.54) is 19.1 Å². The fraction of sp³-hybridized carbons (Fsp3) is 0.211. The van der Waals surface area contributed by atoms with Gasteiger partial charge in [0.15, 0.2) is 0 Å². The predicted molar refractivity (Wildman–Crippen MR) is 101 cm³/mol. The summed E-state index contributed by atoms with van der Waals surface area (Å²) in [4.78, 5) is 14.9. The maximum absolute atomic E-state index is 13.3. The molecule has 6 nitrogen and oxygen atoms in total. The molecule has 3 rings (SSSR count). The first kappa shape index (κ1) is 19.1. The van der Waals surface area contributed by atoms with Gasteiger partial charge in [-0.1, -0.05) is 0 Å². The van der Waals surface area contributed by atoms with Crippen molar-refractivity contribution in [2.24, 2.45) is 0 Å². The molecule has 2 aromatic carbocycles. The smallest absolute Gasteiger partial charge is 0.251 e. The molecule has 0 aliphatic heterocycles. The van der Waals surface area contributed by atoms with Crippen LogP contribution in [0.5, 0.6) is 5.75 Å². The van der Waals surface area contributed by atoms with Gasteiger partial charge >= 0.3 is 0 Å². The van der Waals surface area contributed by atoms with Crippen LogP contribution in [0.3, 0.4) is 0 Å². The zero-order chi connectivity index (χ0) is 19.6. The van der Waals surface area contributed by atoms with Crippen LogP contribution in [0.15, 0.2) is 52.2 Å². The lowest BCUT2D eigenvalue weighted by atomic mass is 10.1. The third-order valence-electron chi connectivity index (χ3n) is 4.25. The summed E-state index contributed by atoms with van der Waals surface area (Å²) in [6, 6.07) is 10.6. The number of ether oxygens (including phenoxy) is 1. The van der Waals surface area contributed by atoms with Crippen LogP contribution in [0.25, 0.3) is 10.9 Å². The van der Waals surface area contributed by atoms with E-state index in [1.807, 2.05) is 0 Å². The van der Waals surface area contributed by atoms with Gasteiger partial charge < -0.3 is 9.72 Å². The van der Waals surface area contributed by atoms with Crippen LogP contribution in [0.4, 0.5) is 4.39 Å². The predicted octanol–water partition coefficient (Wildman–Crippen LogP) is 2.51. The second-order valence-corrected chi connectivity index (χ2v) is 7.90. The fourth-order valence-corrected chi connectivity index (χ4v) is 3.85. The van der Waals surface area contributed by atoms with E-state index in [-0.39, 0.29) is 29.0 Å². The molecule has 0 spiro atoms. The number of methoxy groups -OCH3 is 1. The lowest BCUT2D eigenvalue weighted by molar-refractivity contribution is 0.415. The number of hydrogen-bond donors (Lipinski definition) is 2. The summed E-state index contributed by atoms with van der Waals surface area (Å²) < 4.78 is 45.6. The third kappa shape index (κ3) is 4.17. The Balaban J connectivity index is 1.77. The molecule has 27 heavy (non-hydrogen) atoms. The first-order valence-electron chi connectivity index (χ1n) is 8.26. The monoisotopic (exact) mass is 390 g/mol. The van der Waals surface area contributed by atoms with E-state index in [0.717, 1.165) is 11.5 Å². The van der Waals surface area contributed by atoms with Crippen molar-refractivity contribution in [3.05, 3.63) is 69.8 Å². The van der Waals surface area contributed by atoms with Crippen molar-refractivity contribution in [1.82, 2.24) is 9.71 Å². The van der Waals surface area contributed by atoms with Crippen molar-refractivity contribution in [3.8, 4) is 5.75 Å². The van der Waals surface area contributed by atoms with Gasteiger partial charge in [0.1, 0.15) is 11.6 Å². The molecule has 0 radical (unpaired) electrons. The Bertz CT molecular complexity index is 1160. The van der Waals surface area contributed by atoms with E-state index in [4.69, 9.17) is 4.74 Å².